The van der Waals surface area contributed by atoms with Gasteiger partial charge >= 0.3 is 6.18 Å². The van der Waals surface area contributed by atoms with Crippen molar-refractivity contribution in [1.29, 1.82) is 0 Å². The quantitative estimate of drug-likeness (QED) is 0.914. The third kappa shape index (κ3) is 4.67. The number of alkyl halides is 3. The molecule has 0 amide bonds. The van der Waals surface area contributed by atoms with Crippen LogP contribution in [0.3, 0.4) is 0 Å². The van der Waals surface area contributed by atoms with E-state index in [-0.39, 0.29) is 18.0 Å². The molecule has 0 bridgehead atoms. The molecule has 2 atom stereocenters. The largest absolute Gasteiger partial charge is 0.416 e. The second kappa shape index (κ2) is 6.77. The van der Waals surface area contributed by atoms with Gasteiger partial charge in [-0.25, -0.2) is 0 Å². The maximum atomic E-state index is 13.1. The van der Waals surface area contributed by atoms with Gasteiger partial charge in [-0.2, -0.15) is 13.2 Å². The first-order valence-corrected chi connectivity index (χ1v) is 8.04. The molecule has 0 spiro atoms. The minimum absolute atomic E-state index is 0.0715. The number of hydrogen-bond acceptors (Lipinski definition) is 3. The minimum Gasteiger partial charge on any atom is -0.390 e. The molecule has 3 nitrogen and oxygen atoms in total. The highest BCUT2D eigenvalue weighted by Gasteiger charge is 2.39. The summed E-state index contributed by atoms with van der Waals surface area (Å²) in [5.41, 5.74) is -1.17. The fourth-order valence-corrected chi connectivity index (χ4v) is 3.30. The summed E-state index contributed by atoms with van der Waals surface area (Å²) in [5, 5.41) is 10.5. The Hall–Kier alpha value is -1.14. The standard InChI is InChI=1S/C17H25F3N2O/c1-12(2)8-14-11-22(7-5-16(14,3)23)10-13-9-21-6-4-15(13)17(18,19)20/h4,6,9,12,14,23H,5,7-8,10-11H2,1-3H3/t14-,16+/m0/s1. The normalized spacial score (nSPS) is 26.7. The van der Waals surface area contributed by atoms with Gasteiger partial charge in [-0.3, -0.25) is 9.88 Å². The second-order valence-electron chi connectivity index (χ2n) is 7.20. The lowest BCUT2D eigenvalue weighted by Crippen LogP contribution is -2.50. The number of likely N-dealkylation sites (tertiary alicyclic amines) is 1. The zero-order chi connectivity index (χ0) is 17.3. The van der Waals surface area contributed by atoms with Gasteiger partial charge in [0, 0.05) is 37.9 Å². The van der Waals surface area contributed by atoms with E-state index < -0.39 is 17.3 Å². The highest BCUT2D eigenvalue weighted by molar-refractivity contribution is 5.26. The summed E-state index contributed by atoms with van der Waals surface area (Å²) < 4.78 is 39.3. The summed E-state index contributed by atoms with van der Waals surface area (Å²) in [5.74, 6) is 0.512. The van der Waals surface area contributed by atoms with E-state index in [2.05, 4.69) is 18.8 Å². The van der Waals surface area contributed by atoms with Gasteiger partial charge in [-0.15, -0.1) is 0 Å². The topological polar surface area (TPSA) is 36.4 Å². The first kappa shape index (κ1) is 18.2. The molecule has 0 aliphatic carbocycles. The van der Waals surface area contributed by atoms with E-state index >= 15 is 0 Å². The summed E-state index contributed by atoms with van der Waals surface area (Å²) >= 11 is 0. The van der Waals surface area contributed by atoms with Crippen LogP contribution in [0.1, 0.15) is 44.7 Å². The van der Waals surface area contributed by atoms with Crippen molar-refractivity contribution in [2.45, 2.75) is 51.9 Å². The molecule has 6 heteroatoms. The fourth-order valence-electron chi connectivity index (χ4n) is 3.30. The van der Waals surface area contributed by atoms with Crippen molar-refractivity contribution in [3.63, 3.8) is 0 Å². The Kier molecular flexibility index (Phi) is 5.36. The number of nitrogens with zero attached hydrogens (tertiary/aromatic N) is 2. The summed E-state index contributed by atoms with van der Waals surface area (Å²) in [6.45, 7) is 7.44. The predicted octanol–water partition coefficient (Wildman–Crippen LogP) is 3.72. The van der Waals surface area contributed by atoms with E-state index in [4.69, 9.17) is 0 Å². The van der Waals surface area contributed by atoms with Gasteiger partial charge in [0.25, 0.3) is 0 Å². The third-order valence-electron chi connectivity index (χ3n) is 4.65. The van der Waals surface area contributed by atoms with E-state index in [0.717, 1.165) is 12.5 Å². The molecule has 1 aliphatic heterocycles. The zero-order valence-corrected chi connectivity index (χ0v) is 13.9. The molecule has 0 saturated carbocycles. The molecule has 2 rings (SSSR count). The average Bonchev–Trinajstić information content (AvgIpc) is 2.42. The van der Waals surface area contributed by atoms with Gasteiger partial charge < -0.3 is 5.11 Å². The molecule has 1 aromatic rings. The van der Waals surface area contributed by atoms with Crippen molar-refractivity contribution in [3.8, 4) is 0 Å². The van der Waals surface area contributed by atoms with E-state index in [0.29, 0.717) is 25.4 Å². The van der Waals surface area contributed by atoms with E-state index in [1.165, 1.54) is 12.4 Å². The molecule has 1 fully saturated rings. The number of pyridine rings is 1. The number of halogens is 3. The lowest BCUT2D eigenvalue weighted by Gasteiger charge is -2.43. The monoisotopic (exact) mass is 330 g/mol. The molecule has 23 heavy (non-hydrogen) atoms. The molecule has 0 aromatic carbocycles. The first-order valence-electron chi connectivity index (χ1n) is 8.04. The predicted molar refractivity (Wildman–Crippen MR) is 82.7 cm³/mol. The summed E-state index contributed by atoms with van der Waals surface area (Å²) in [6, 6.07) is 1.03. The fraction of sp³-hybridized carbons (Fsp3) is 0.706. The molecule has 0 radical (unpaired) electrons. The summed E-state index contributed by atoms with van der Waals surface area (Å²) in [7, 11) is 0. The first-order chi connectivity index (χ1) is 10.6. The highest BCUT2D eigenvalue weighted by Crippen LogP contribution is 2.35. The number of aliphatic hydroxyl groups is 1. The maximum absolute atomic E-state index is 13.1. The van der Waals surface area contributed by atoms with Crippen molar-refractivity contribution in [2.75, 3.05) is 13.1 Å². The van der Waals surface area contributed by atoms with Crippen molar-refractivity contribution in [2.24, 2.45) is 11.8 Å². The molecule has 1 saturated heterocycles. The van der Waals surface area contributed by atoms with Gasteiger partial charge in [0.2, 0.25) is 0 Å². The van der Waals surface area contributed by atoms with Gasteiger partial charge in [-0.05, 0) is 37.3 Å². The number of piperidine rings is 1. The molecule has 0 unspecified atom stereocenters. The van der Waals surface area contributed by atoms with E-state index in [9.17, 15) is 18.3 Å². The Morgan fingerprint density at radius 2 is 2.13 bits per heavy atom. The van der Waals surface area contributed by atoms with Gasteiger partial charge in [0.15, 0.2) is 0 Å². The Morgan fingerprint density at radius 3 is 2.74 bits per heavy atom. The molecule has 1 aromatic heterocycles. The number of hydrogen-bond donors (Lipinski definition) is 1. The van der Waals surface area contributed by atoms with Crippen molar-refractivity contribution >= 4 is 0 Å². The molecule has 130 valence electrons. The van der Waals surface area contributed by atoms with Crippen LogP contribution >= 0.6 is 0 Å². The Bertz CT molecular complexity index is 529. The highest BCUT2D eigenvalue weighted by atomic mass is 19.4. The van der Waals surface area contributed by atoms with Crippen molar-refractivity contribution < 1.29 is 18.3 Å². The van der Waals surface area contributed by atoms with Crippen LogP contribution in [0.2, 0.25) is 0 Å². The molecule has 2 heterocycles. The van der Waals surface area contributed by atoms with Crippen LogP contribution in [-0.2, 0) is 12.7 Å². The van der Waals surface area contributed by atoms with Gasteiger partial charge in [-0.1, -0.05) is 13.8 Å². The van der Waals surface area contributed by atoms with Gasteiger partial charge in [0.05, 0.1) is 11.2 Å². The van der Waals surface area contributed by atoms with Crippen LogP contribution in [0.5, 0.6) is 0 Å². The Labute approximate surface area is 135 Å². The summed E-state index contributed by atoms with van der Waals surface area (Å²) in [6.07, 6.45) is -0.451. The van der Waals surface area contributed by atoms with Crippen LogP contribution in [0.15, 0.2) is 18.5 Å². The SMILES string of the molecule is CC(C)C[C@H]1CN(Cc2cnccc2C(F)(F)F)CC[C@@]1(C)O. The lowest BCUT2D eigenvalue weighted by atomic mass is 9.78. The van der Waals surface area contributed by atoms with Crippen LogP contribution in [0, 0.1) is 11.8 Å². The smallest absolute Gasteiger partial charge is 0.390 e. The Balaban J connectivity index is 2.13. The Morgan fingerprint density at radius 1 is 1.43 bits per heavy atom. The maximum Gasteiger partial charge on any atom is 0.416 e. The second-order valence-corrected chi connectivity index (χ2v) is 7.20. The zero-order valence-electron chi connectivity index (χ0n) is 13.9. The molecule has 1 N–H and O–H groups in total. The van der Waals surface area contributed by atoms with E-state index in [1.807, 2.05) is 11.8 Å². The van der Waals surface area contributed by atoms with Crippen LogP contribution < -0.4 is 0 Å². The van der Waals surface area contributed by atoms with Gasteiger partial charge in [0.1, 0.15) is 0 Å². The molecular formula is C17H25F3N2O. The minimum atomic E-state index is -4.36. The summed E-state index contributed by atoms with van der Waals surface area (Å²) in [4.78, 5) is 5.84. The molecular weight excluding hydrogens is 305 g/mol. The van der Waals surface area contributed by atoms with Crippen molar-refractivity contribution in [1.82, 2.24) is 9.88 Å². The molecule has 1 aliphatic rings. The van der Waals surface area contributed by atoms with Crippen LogP contribution in [0.25, 0.3) is 0 Å². The average molecular weight is 330 g/mol. The third-order valence-corrected chi connectivity index (χ3v) is 4.65. The van der Waals surface area contributed by atoms with Crippen LogP contribution in [0.4, 0.5) is 13.2 Å². The number of rotatable bonds is 4. The number of aromatic nitrogens is 1. The lowest BCUT2D eigenvalue weighted by molar-refractivity contribution is -0.138. The van der Waals surface area contributed by atoms with Crippen molar-refractivity contribution in [3.05, 3.63) is 29.6 Å². The van der Waals surface area contributed by atoms with E-state index in [1.54, 1.807) is 0 Å². The van der Waals surface area contributed by atoms with Crippen LogP contribution in [-0.4, -0.2) is 33.7 Å².